The third kappa shape index (κ3) is 8.58. The maximum absolute atomic E-state index is 14.2. The van der Waals surface area contributed by atoms with Crippen molar-refractivity contribution in [3.63, 3.8) is 0 Å². The van der Waals surface area contributed by atoms with Crippen LogP contribution < -0.4 is 14.4 Å². The third-order valence-electron chi connectivity index (χ3n) is 6.25. The molecule has 9 heteroatoms. The standard InChI is InChI=1S/C31H39N3O5S/c1-6-39-29-18-11-10-17-27(29)34(40(5,37)38)22-30(35)33(21-26-16-12-13-24(4)19-26)28(31(36)32-23(2)3)20-25-14-8-7-9-15-25/h7-19,23,28H,6,20-22H2,1-5H3,(H,32,36). The second kappa shape index (κ2) is 14.0. The van der Waals surface area contributed by atoms with E-state index in [1.54, 1.807) is 31.2 Å². The molecule has 2 amide bonds. The van der Waals surface area contributed by atoms with E-state index in [4.69, 9.17) is 4.74 Å². The van der Waals surface area contributed by atoms with Gasteiger partial charge in [0.25, 0.3) is 0 Å². The zero-order valence-electron chi connectivity index (χ0n) is 23.8. The summed E-state index contributed by atoms with van der Waals surface area (Å²) in [6.07, 6.45) is 1.33. The molecule has 0 aromatic heterocycles. The lowest BCUT2D eigenvalue weighted by atomic mass is 10.0. The molecule has 1 unspecified atom stereocenters. The summed E-state index contributed by atoms with van der Waals surface area (Å²) in [5, 5.41) is 2.95. The number of carbonyl (C=O) groups excluding carboxylic acids is 2. The lowest BCUT2D eigenvalue weighted by Crippen LogP contribution is -2.54. The molecule has 3 rings (SSSR count). The average Bonchev–Trinajstić information content (AvgIpc) is 2.89. The number of hydrogen-bond acceptors (Lipinski definition) is 5. The first-order valence-corrected chi connectivity index (χ1v) is 15.2. The smallest absolute Gasteiger partial charge is 0.244 e. The number of ether oxygens (including phenoxy) is 1. The van der Waals surface area contributed by atoms with Crippen LogP contribution in [0.5, 0.6) is 5.75 Å². The number of nitrogens with zero attached hydrogens (tertiary/aromatic N) is 2. The number of para-hydroxylation sites is 2. The highest BCUT2D eigenvalue weighted by Gasteiger charge is 2.34. The molecule has 0 heterocycles. The van der Waals surface area contributed by atoms with E-state index in [1.165, 1.54) is 4.90 Å². The van der Waals surface area contributed by atoms with Crippen LogP contribution in [0.1, 0.15) is 37.5 Å². The fraction of sp³-hybridized carbons (Fsp3) is 0.355. The van der Waals surface area contributed by atoms with E-state index < -0.39 is 28.5 Å². The Kier molecular flexibility index (Phi) is 10.7. The van der Waals surface area contributed by atoms with Crippen LogP contribution in [-0.4, -0.2) is 56.6 Å². The molecular formula is C31H39N3O5S. The van der Waals surface area contributed by atoms with Gasteiger partial charge in [0.15, 0.2) is 0 Å². The Labute approximate surface area is 238 Å². The lowest BCUT2D eigenvalue weighted by Gasteiger charge is -2.34. The van der Waals surface area contributed by atoms with E-state index in [0.717, 1.165) is 27.3 Å². The number of hydrogen-bond donors (Lipinski definition) is 1. The summed E-state index contributed by atoms with van der Waals surface area (Å²) >= 11 is 0. The maximum Gasteiger partial charge on any atom is 0.244 e. The van der Waals surface area contributed by atoms with Crippen molar-refractivity contribution in [2.24, 2.45) is 0 Å². The Morgan fingerprint density at radius 3 is 2.20 bits per heavy atom. The Hall–Kier alpha value is -3.85. The van der Waals surface area contributed by atoms with Gasteiger partial charge in [-0.2, -0.15) is 0 Å². The van der Waals surface area contributed by atoms with Gasteiger partial charge in [-0.25, -0.2) is 8.42 Å². The van der Waals surface area contributed by atoms with E-state index in [2.05, 4.69) is 5.32 Å². The lowest BCUT2D eigenvalue weighted by molar-refractivity contribution is -0.140. The fourth-order valence-corrected chi connectivity index (χ4v) is 5.33. The van der Waals surface area contributed by atoms with Crippen LogP contribution in [-0.2, 0) is 32.6 Å². The second-order valence-electron chi connectivity index (χ2n) is 10.0. The highest BCUT2D eigenvalue weighted by molar-refractivity contribution is 7.92. The molecular weight excluding hydrogens is 526 g/mol. The SMILES string of the molecule is CCOc1ccccc1N(CC(=O)N(Cc1cccc(C)c1)C(Cc1ccccc1)C(=O)NC(C)C)S(C)(=O)=O. The van der Waals surface area contributed by atoms with E-state index >= 15 is 0 Å². The van der Waals surface area contributed by atoms with Crippen molar-refractivity contribution in [3.8, 4) is 5.75 Å². The summed E-state index contributed by atoms with van der Waals surface area (Å²) in [6, 6.07) is 22.9. The molecule has 0 saturated carbocycles. The predicted molar refractivity (Wildman–Crippen MR) is 159 cm³/mol. The van der Waals surface area contributed by atoms with Crippen molar-refractivity contribution in [3.05, 3.63) is 95.6 Å². The second-order valence-corrected chi connectivity index (χ2v) is 12.0. The van der Waals surface area contributed by atoms with Gasteiger partial charge in [0.05, 0.1) is 18.6 Å². The van der Waals surface area contributed by atoms with Crippen LogP contribution in [0.15, 0.2) is 78.9 Å². The number of nitrogens with one attached hydrogen (secondary N) is 1. The Bertz CT molecular complexity index is 1390. The molecule has 0 bridgehead atoms. The van der Waals surface area contributed by atoms with Gasteiger partial charge in [-0.15, -0.1) is 0 Å². The number of carbonyl (C=O) groups is 2. The number of benzene rings is 3. The average molecular weight is 566 g/mol. The van der Waals surface area contributed by atoms with Crippen LogP contribution in [0.2, 0.25) is 0 Å². The van der Waals surface area contributed by atoms with Gasteiger partial charge < -0.3 is 15.0 Å². The molecule has 0 aliphatic carbocycles. The van der Waals surface area contributed by atoms with Crippen LogP contribution >= 0.6 is 0 Å². The van der Waals surface area contributed by atoms with Crippen molar-refractivity contribution in [1.29, 1.82) is 0 Å². The molecule has 0 saturated heterocycles. The van der Waals surface area contributed by atoms with Gasteiger partial charge in [-0.1, -0.05) is 72.3 Å². The van der Waals surface area contributed by atoms with E-state index in [9.17, 15) is 18.0 Å². The van der Waals surface area contributed by atoms with Crippen molar-refractivity contribution >= 4 is 27.5 Å². The maximum atomic E-state index is 14.2. The summed E-state index contributed by atoms with van der Waals surface area (Å²) < 4.78 is 32.7. The Morgan fingerprint density at radius 2 is 1.57 bits per heavy atom. The van der Waals surface area contributed by atoms with Crippen molar-refractivity contribution < 1.29 is 22.7 Å². The minimum absolute atomic E-state index is 0.133. The molecule has 214 valence electrons. The van der Waals surface area contributed by atoms with Crippen molar-refractivity contribution in [2.45, 2.75) is 52.7 Å². The fourth-order valence-electron chi connectivity index (χ4n) is 4.48. The number of sulfonamides is 1. The molecule has 0 spiro atoms. The molecule has 1 atom stereocenters. The first kappa shape index (κ1) is 30.7. The Morgan fingerprint density at radius 1 is 0.925 bits per heavy atom. The molecule has 8 nitrogen and oxygen atoms in total. The molecule has 3 aromatic carbocycles. The zero-order valence-corrected chi connectivity index (χ0v) is 24.6. The molecule has 0 aliphatic rings. The minimum atomic E-state index is -3.89. The van der Waals surface area contributed by atoms with Gasteiger partial charge in [0.2, 0.25) is 21.8 Å². The third-order valence-corrected chi connectivity index (χ3v) is 7.38. The van der Waals surface area contributed by atoms with Crippen molar-refractivity contribution in [2.75, 3.05) is 23.7 Å². The molecule has 0 fully saturated rings. The summed E-state index contributed by atoms with van der Waals surface area (Å²) in [6.45, 7) is 7.46. The van der Waals surface area contributed by atoms with Crippen LogP contribution in [0, 0.1) is 6.92 Å². The quantitative estimate of drug-likeness (QED) is 0.333. The van der Waals surface area contributed by atoms with Crippen LogP contribution in [0.4, 0.5) is 5.69 Å². The topological polar surface area (TPSA) is 96.0 Å². The summed E-state index contributed by atoms with van der Waals surface area (Å²) in [5.41, 5.74) is 3.00. The van der Waals surface area contributed by atoms with Crippen LogP contribution in [0.3, 0.4) is 0 Å². The van der Waals surface area contributed by atoms with E-state index in [1.807, 2.05) is 75.4 Å². The largest absolute Gasteiger partial charge is 0.492 e. The highest BCUT2D eigenvalue weighted by atomic mass is 32.2. The number of rotatable bonds is 13. The van der Waals surface area contributed by atoms with Crippen LogP contribution in [0.25, 0.3) is 0 Å². The first-order valence-electron chi connectivity index (χ1n) is 13.4. The first-order chi connectivity index (χ1) is 19.0. The minimum Gasteiger partial charge on any atom is -0.492 e. The van der Waals surface area contributed by atoms with Gasteiger partial charge in [0.1, 0.15) is 18.3 Å². The van der Waals surface area contributed by atoms with E-state index in [0.29, 0.717) is 12.4 Å². The Balaban J connectivity index is 2.08. The molecule has 0 radical (unpaired) electrons. The van der Waals surface area contributed by atoms with Gasteiger partial charge in [-0.3, -0.25) is 13.9 Å². The van der Waals surface area contributed by atoms with Gasteiger partial charge in [-0.05, 0) is 51.0 Å². The summed E-state index contributed by atoms with van der Waals surface area (Å²) in [5.74, 6) is -0.453. The summed E-state index contributed by atoms with van der Waals surface area (Å²) in [4.78, 5) is 29.2. The number of amides is 2. The highest BCUT2D eigenvalue weighted by Crippen LogP contribution is 2.30. The van der Waals surface area contributed by atoms with E-state index in [-0.39, 0.29) is 30.6 Å². The normalized spacial score (nSPS) is 12.1. The molecule has 40 heavy (non-hydrogen) atoms. The molecule has 0 aliphatic heterocycles. The molecule has 3 aromatic rings. The zero-order chi connectivity index (χ0) is 29.3. The molecule has 1 N–H and O–H groups in total. The number of anilines is 1. The van der Waals surface area contributed by atoms with Gasteiger partial charge in [0, 0.05) is 19.0 Å². The van der Waals surface area contributed by atoms with Crippen molar-refractivity contribution in [1.82, 2.24) is 10.2 Å². The number of aryl methyl sites for hydroxylation is 1. The van der Waals surface area contributed by atoms with Gasteiger partial charge >= 0.3 is 0 Å². The summed E-state index contributed by atoms with van der Waals surface area (Å²) in [7, 11) is -3.89. The predicted octanol–water partition coefficient (Wildman–Crippen LogP) is 4.32. The monoisotopic (exact) mass is 565 g/mol.